The normalized spacial score (nSPS) is 13.7. The number of aromatic nitrogens is 1. The smallest absolute Gasteiger partial charge is 0.163 e. The van der Waals surface area contributed by atoms with Gasteiger partial charge in [-0.3, -0.25) is 9.78 Å². The van der Waals surface area contributed by atoms with Crippen LogP contribution in [0.25, 0.3) is 11.0 Å². The van der Waals surface area contributed by atoms with Gasteiger partial charge in [-0.05, 0) is 36.2 Å². The molecule has 0 unspecified atom stereocenters. The first-order valence-corrected chi connectivity index (χ1v) is 6.55. The van der Waals surface area contributed by atoms with Crippen LogP contribution in [0.4, 0.5) is 11.4 Å². The van der Waals surface area contributed by atoms with Crippen LogP contribution in [0.3, 0.4) is 0 Å². The maximum Gasteiger partial charge on any atom is 0.163 e. The molecule has 0 saturated carbocycles. The van der Waals surface area contributed by atoms with Crippen molar-refractivity contribution in [1.82, 2.24) is 4.98 Å². The number of furan rings is 1. The molecule has 1 N–H and O–H groups in total. The van der Waals surface area contributed by atoms with Gasteiger partial charge >= 0.3 is 0 Å². The van der Waals surface area contributed by atoms with Gasteiger partial charge in [0.25, 0.3) is 0 Å². The lowest BCUT2D eigenvalue weighted by molar-refractivity contribution is 0.0994. The van der Waals surface area contributed by atoms with E-state index < -0.39 is 0 Å². The quantitative estimate of drug-likeness (QED) is 0.766. The first-order valence-electron chi connectivity index (χ1n) is 6.55. The molecule has 0 bridgehead atoms. The van der Waals surface area contributed by atoms with E-state index in [0.717, 1.165) is 39.9 Å². The number of benzene rings is 1. The van der Waals surface area contributed by atoms with Gasteiger partial charge < -0.3 is 9.73 Å². The van der Waals surface area contributed by atoms with E-state index in [0.29, 0.717) is 6.42 Å². The van der Waals surface area contributed by atoms with E-state index in [-0.39, 0.29) is 5.78 Å². The Morgan fingerprint density at radius 3 is 3.10 bits per heavy atom. The summed E-state index contributed by atoms with van der Waals surface area (Å²) in [4.78, 5) is 15.7. The largest absolute Gasteiger partial charge is 0.460 e. The number of nitrogens with zero attached hydrogens (tertiary/aromatic N) is 1. The van der Waals surface area contributed by atoms with Crippen molar-refractivity contribution >= 4 is 28.1 Å². The van der Waals surface area contributed by atoms with Crippen molar-refractivity contribution in [3.05, 3.63) is 54.0 Å². The zero-order chi connectivity index (χ0) is 13.5. The lowest BCUT2D eigenvalue weighted by Gasteiger charge is -2.06. The standard InChI is InChI=1S/C16H12N2O2/c19-15-4-1-10-7-11(2-3-12(10)15)18-14-9-20-16-8-17-6-5-13(14)16/h2-3,5-9,18H,1,4H2. The van der Waals surface area contributed by atoms with Crippen LogP contribution in [0.1, 0.15) is 22.3 Å². The minimum atomic E-state index is 0.242. The van der Waals surface area contributed by atoms with Crippen molar-refractivity contribution in [2.45, 2.75) is 12.8 Å². The van der Waals surface area contributed by atoms with Gasteiger partial charge in [-0.1, -0.05) is 0 Å². The fourth-order valence-corrected chi connectivity index (χ4v) is 2.67. The lowest BCUT2D eigenvalue weighted by Crippen LogP contribution is -1.93. The molecule has 1 aliphatic rings. The number of aryl methyl sites for hydroxylation is 1. The molecule has 4 nitrogen and oxygen atoms in total. The van der Waals surface area contributed by atoms with Crippen LogP contribution in [-0.2, 0) is 6.42 Å². The fraction of sp³-hybridized carbons (Fsp3) is 0.125. The second-order valence-corrected chi connectivity index (χ2v) is 4.94. The lowest BCUT2D eigenvalue weighted by atomic mass is 10.1. The van der Waals surface area contributed by atoms with Gasteiger partial charge in [-0.2, -0.15) is 0 Å². The van der Waals surface area contributed by atoms with Crippen LogP contribution < -0.4 is 5.32 Å². The molecule has 0 saturated heterocycles. The van der Waals surface area contributed by atoms with Gasteiger partial charge in [0.05, 0.1) is 11.9 Å². The van der Waals surface area contributed by atoms with Crippen molar-refractivity contribution < 1.29 is 9.21 Å². The Morgan fingerprint density at radius 1 is 1.20 bits per heavy atom. The Balaban J connectivity index is 1.71. The van der Waals surface area contributed by atoms with E-state index >= 15 is 0 Å². The Bertz CT molecular complexity index is 820. The van der Waals surface area contributed by atoms with Crippen molar-refractivity contribution in [1.29, 1.82) is 0 Å². The maximum absolute atomic E-state index is 11.6. The van der Waals surface area contributed by atoms with Crippen LogP contribution in [-0.4, -0.2) is 10.8 Å². The molecule has 2 heterocycles. The van der Waals surface area contributed by atoms with Crippen molar-refractivity contribution in [3.63, 3.8) is 0 Å². The minimum absolute atomic E-state index is 0.242. The second kappa shape index (κ2) is 4.20. The van der Waals surface area contributed by atoms with Crippen molar-refractivity contribution in [3.8, 4) is 0 Å². The number of rotatable bonds is 2. The molecule has 1 aromatic carbocycles. The third-order valence-corrected chi connectivity index (χ3v) is 3.68. The highest BCUT2D eigenvalue weighted by atomic mass is 16.3. The van der Waals surface area contributed by atoms with Gasteiger partial charge in [0.15, 0.2) is 11.4 Å². The van der Waals surface area contributed by atoms with E-state index in [1.54, 1.807) is 18.7 Å². The number of pyridine rings is 1. The highest BCUT2D eigenvalue weighted by Crippen LogP contribution is 2.30. The molecule has 0 spiro atoms. The SMILES string of the molecule is O=C1CCc2cc(Nc3coc4cnccc34)ccc21. The predicted octanol–water partition coefficient (Wildman–Crippen LogP) is 3.70. The molecule has 20 heavy (non-hydrogen) atoms. The van der Waals surface area contributed by atoms with E-state index in [4.69, 9.17) is 4.42 Å². The predicted molar refractivity (Wildman–Crippen MR) is 76.4 cm³/mol. The average Bonchev–Trinajstić information content (AvgIpc) is 3.04. The molecular formula is C16H12N2O2. The molecule has 2 aromatic heterocycles. The first-order chi connectivity index (χ1) is 9.81. The molecular weight excluding hydrogens is 252 g/mol. The van der Waals surface area contributed by atoms with Crippen LogP contribution in [0.15, 0.2) is 47.3 Å². The third-order valence-electron chi connectivity index (χ3n) is 3.68. The highest BCUT2D eigenvalue weighted by Gasteiger charge is 2.19. The van der Waals surface area contributed by atoms with Gasteiger partial charge in [0, 0.05) is 29.3 Å². The average molecular weight is 264 g/mol. The second-order valence-electron chi connectivity index (χ2n) is 4.94. The number of hydrogen-bond acceptors (Lipinski definition) is 4. The van der Waals surface area contributed by atoms with Crippen molar-refractivity contribution in [2.24, 2.45) is 0 Å². The van der Waals surface area contributed by atoms with E-state index in [9.17, 15) is 4.79 Å². The van der Waals surface area contributed by atoms with Crippen LogP contribution in [0.5, 0.6) is 0 Å². The van der Waals surface area contributed by atoms with Gasteiger partial charge in [0.1, 0.15) is 6.26 Å². The maximum atomic E-state index is 11.6. The Hall–Kier alpha value is -2.62. The van der Waals surface area contributed by atoms with Crippen LogP contribution in [0.2, 0.25) is 0 Å². The van der Waals surface area contributed by atoms with E-state index in [1.807, 2.05) is 24.3 Å². The van der Waals surface area contributed by atoms with Gasteiger partial charge in [0.2, 0.25) is 0 Å². The van der Waals surface area contributed by atoms with E-state index in [2.05, 4.69) is 10.3 Å². The van der Waals surface area contributed by atoms with Crippen molar-refractivity contribution in [2.75, 3.05) is 5.32 Å². The zero-order valence-corrected chi connectivity index (χ0v) is 10.7. The summed E-state index contributed by atoms with van der Waals surface area (Å²) in [6.45, 7) is 0. The Labute approximate surface area is 115 Å². The number of carbonyl (C=O) groups excluding carboxylic acids is 1. The summed E-state index contributed by atoms with van der Waals surface area (Å²) in [5, 5.41) is 4.34. The summed E-state index contributed by atoms with van der Waals surface area (Å²) in [5.41, 5.74) is 4.61. The van der Waals surface area contributed by atoms with Crippen LogP contribution >= 0.6 is 0 Å². The minimum Gasteiger partial charge on any atom is -0.460 e. The molecule has 1 aliphatic carbocycles. The fourth-order valence-electron chi connectivity index (χ4n) is 2.67. The number of hydrogen-bond donors (Lipinski definition) is 1. The molecule has 0 radical (unpaired) electrons. The summed E-state index contributed by atoms with van der Waals surface area (Å²) in [6.07, 6.45) is 6.58. The summed E-state index contributed by atoms with van der Waals surface area (Å²) in [7, 11) is 0. The molecule has 0 amide bonds. The number of anilines is 2. The number of fused-ring (bicyclic) bond motifs is 2. The molecule has 0 atom stereocenters. The highest BCUT2D eigenvalue weighted by molar-refractivity contribution is 6.01. The summed E-state index contributed by atoms with van der Waals surface area (Å²) < 4.78 is 5.45. The monoisotopic (exact) mass is 264 g/mol. The molecule has 0 fully saturated rings. The van der Waals surface area contributed by atoms with Gasteiger partial charge in [-0.25, -0.2) is 0 Å². The first kappa shape index (κ1) is 11.2. The number of nitrogens with one attached hydrogen (secondary N) is 1. The number of ketones is 1. The molecule has 0 aliphatic heterocycles. The Morgan fingerprint density at radius 2 is 2.15 bits per heavy atom. The van der Waals surface area contributed by atoms with Crippen LogP contribution in [0, 0.1) is 0 Å². The summed E-state index contributed by atoms with van der Waals surface area (Å²) in [6, 6.07) is 7.79. The third kappa shape index (κ3) is 1.69. The Kier molecular flexibility index (Phi) is 2.36. The van der Waals surface area contributed by atoms with E-state index in [1.165, 1.54) is 0 Å². The zero-order valence-electron chi connectivity index (χ0n) is 10.7. The number of carbonyl (C=O) groups is 1. The molecule has 4 heteroatoms. The van der Waals surface area contributed by atoms with Gasteiger partial charge in [-0.15, -0.1) is 0 Å². The molecule has 3 aromatic rings. The summed E-state index contributed by atoms with van der Waals surface area (Å²) in [5.74, 6) is 0.242. The topological polar surface area (TPSA) is 55.1 Å². The molecule has 98 valence electrons. The summed E-state index contributed by atoms with van der Waals surface area (Å²) >= 11 is 0. The number of Topliss-reactive ketones (excluding diaryl/α,β-unsaturated/α-hetero) is 1. The molecule has 4 rings (SSSR count).